The molecule has 0 spiro atoms. The van der Waals surface area contributed by atoms with E-state index in [1.807, 2.05) is 37.4 Å². The van der Waals surface area contributed by atoms with Gasteiger partial charge in [0, 0.05) is 22.9 Å². The molecule has 3 heterocycles. The predicted molar refractivity (Wildman–Crippen MR) is 98.6 cm³/mol. The van der Waals surface area contributed by atoms with Crippen molar-refractivity contribution in [2.75, 3.05) is 18.1 Å². The number of pyridine rings is 1. The number of benzene rings is 1. The van der Waals surface area contributed by atoms with Gasteiger partial charge in [-0.05, 0) is 50.1 Å². The molecule has 1 aromatic carbocycles. The van der Waals surface area contributed by atoms with E-state index in [1.165, 1.54) is 12.1 Å². The highest BCUT2D eigenvalue weighted by molar-refractivity contribution is 9.10. The molecule has 0 saturated carbocycles. The SMILES string of the molecule is Cc1[nH]nc2nccc(N3CCC[C@H]3COc3ccc(Br)cc3)c12. The molecule has 0 aliphatic carbocycles. The van der Waals surface area contributed by atoms with Crippen LogP contribution in [0, 0.1) is 6.92 Å². The molecular formula is C18H19BrN4O. The fourth-order valence-electron chi connectivity index (χ4n) is 3.37. The van der Waals surface area contributed by atoms with Gasteiger partial charge in [-0.2, -0.15) is 5.10 Å². The van der Waals surface area contributed by atoms with Gasteiger partial charge in [0.1, 0.15) is 12.4 Å². The van der Waals surface area contributed by atoms with Crippen molar-refractivity contribution in [1.29, 1.82) is 0 Å². The summed E-state index contributed by atoms with van der Waals surface area (Å²) in [6.45, 7) is 3.77. The van der Waals surface area contributed by atoms with Crippen LogP contribution in [0.5, 0.6) is 5.75 Å². The molecule has 124 valence electrons. The Morgan fingerprint density at radius 1 is 1.29 bits per heavy atom. The van der Waals surface area contributed by atoms with Crippen LogP contribution in [0.3, 0.4) is 0 Å². The molecule has 2 aromatic heterocycles. The van der Waals surface area contributed by atoms with Gasteiger partial charge in [-0.15, -0.1) is 0 Å². The van der Waals surface area contributed by atoms with Crippen LogP contribution in [0.2, 0.25) is 0 Å². The Bertz CT molecular complexity index is 846. The standard InChI is InChI=1S/C18H19BrN4O/c1-12-17-16(8-9-20-18(17)22-21-12)23-10-2-3-14(23)11-24-15-6-4-13(19)5-7-15/h4-9,14H,2-3,10-11H2,1H3,(H,20,21,22)/t14-/m0/s1. The first kappa shape index (κ1) is 15.4. The predicted octanol–water partition coefficient (Wildman–Crippen LogP) is 4.08. The summed E-state index contributed by atoms with van der Waals surface area (Å²) in [6.07, 6.45) is 4.15. The Labute approximate surface area is 149 Å². The minimum atomic E-state index is 0.369. The lowest BCUT2D eigenvalue weighted by Gasteiger charge is -2.27. The number of aromatic nitrogens is 3. The van der Waals surface area contributed by atoms with Gasteiger partial charge in [0.15, 0.2) is 5.65 Å². The number of hydrogen-bond acceptors (Lipinski definition) is 4. The highest BCUT2D eigenvalue weighted by atomic mass is 79.9. The minimum absolute atomic E-state index is 0.369. The summed E-state index contributed by atoms with van der Waals surface area (Å²) < 4.78 is 7.08. The van der Waals surface area contributed by atoms with E-state index in [-0.39, 0.29) is 0 Å². The summed E-state index contributed by atoms with van der Waals surface area (Å²) in [5, 5.41) is 8.44. The molecule has 4 rings (SSSR count). The molecule has 1 aliphatic rings. The average Bonchev–Trinajstić information content (AvgIpc) is 3.21. The zero-order chi connectivity index (χ0) is 16.5. The van der Waals surface area contributed by atoms with Gasteiger partial charge >= 0.3 is 0 Å². The molecule has 1 atom stereocenters. The van der Waals surface area contributed by atoms with E-state index in [2.05, 4.69) is 42.1 Å². The van der Waals surface area contributed by atoms with Crippen LogP contribution >= 0.6 is 15.9 Å². The summed E-state index contributed by atoms with van der Waals surface area (Å²) in [5.41, 5.74) is 3.05. The van der Waals surface area contributed by atoms with Crippen LogP contribution in [-0.4, -0.2) is 34.4 Å². The van der Waals surface area contributed by atoms with E-state index in [1.54, 1.807) is 0 Å². The third-order valence-corrected chi connectivity index (χ3v) is 5.08. The Hall–Kier alpha value is -2.08. The molecule has 0 bridgehead atoms. The lowest BCUT2D eigenvalue weighted by Crippen LogP contribution is -2.34. The first-order chi connectivity index (χ1) is 11.7. The van der Waals surface area contributed by atoms with Crippen molar-refractivity contribution in [2.24, 2.45) is 0 Å². The van der Waals surface area contributed by atoms with E-state index in [4.69, 9.17) is 4.74 Å². The lowest BCUT2D eigenvalue weighted by molar-refractivity contribution is 0.288. The van der Waals surface area contributed by atoms with Crippen molar-refractivity contribution >= 4 is 32.7 Å². The van der Waals surface area contributed by atoms with Crippen molar-refractivity contribution in [1.82, 2.24) is 15.2 Å². The van der Waals surface area contributed by atoms with Crippen LogP contribution in [0.1, 0.15) is 18.5 Å². The number of nitrogens with zero attached hydrogens (tertiary/aromatic N) is 3. The zero-order valence-corrected chi connectivity index (χ0v) is 15.1. The monoisotopic (exact) mass is 386 g/mol. The molecule has 0 amide bonds. The van der Waals surface area contributed by atoms with Gasteiger partial charge in [0.2, 0.25) is 0 Å². The van der Waals surface area contributed by atoms with E-state index < -0.39 is 0 Å². The molecule has 1 N–H and O–H groups in total. The number of rotatable bonds is 4. The maximum atomic E-state index is 6.02. The Morgan fingerprint density at radius 3 is 2.96 bits per heavy atom. The number of ether oxygens (including phenoxy) is 1. The Kier molecular flexibility index (Phi) is 4.14. The van der Waals surface area contributed by atoms with Crippen molar-refractivity contribution in [3.63, 3.8) is 0 Å². The Balaban J connectivity index is 1.56. The van der Waals surface area contributed by atoms with Crippen molar-refractivity contribution in [2.45, 2.75) is 25.8 Å². The van der Waals surface area contributed by atoms with Gasteiger partial charge in [0.25, 0.3) is 0 Å². The fraction of sp³-hybridized carbons (Fsp3) is 0.333. The van der Waals surface area contributed by atoms with Crippen LogP contribution in [0.25, 0.3) is 11.0 Å². The van der Waals surface area contributed by atoms with Crippen molar-refractivity contribution < 1.29 is 4.74 Å². The molecule has 5 nitrogen and oxygen atoms in total. The molecular weight excluding hydrogens is 368 g/mol. The van der Waals surface area contributed by atoms with Crippen LogP contribution in [-0.2, 0) is 0 Å². The summed E-state index contributed by atoms with van der Waals surface area (Å²) in [5.74, 6) is 0.907. The van der Waals surface area contributed by atoms with Gasteiger partial charge in [-0.25, -0.2) is 4.98 Å². The van der Waals surface area contributed by atoms with Gasteiger partial charge in [0.05, 0.1) is 17.1 Å². The molecule has 0 unspecified atom stereocenters. The number of H-pyrrole nitrogens is 1. The smallest absolute Gasteiger partial charge is 0.183 e. The largest absolute Gasteiger partial charge is 0.491 e. The molecule has 3 aromatic rings. The molecule has 1 aliphatic heterocycles. The maximum absolute atomic E-state index is 6.02. The number of anilines is 1. The van der Waals surface area contributed by atoms with E-state index in [9.17, 15) is 0 Å². The second-order valence-electron chi connectivity index (χ2n) is 6.13. The average molecular weight is 387 g/mol. The van der Waals surface area contributed by atoms with E-state index in [0.717, 1.165) is 39.9 Å². The third-order valence-electron chi connectivity index (χ3n) is 4.56. The molecule has 0 radical (unpaired) electrons. The van der Waals surface area contributed by atoms with Crippen molar-refractivity contribution in [3.05, 3.63) is 46.7 Å². The molecule has 1 saturated heterocycles. The third kappa shape index (κ3) is 2.86. The zero-order valence-electron chi connectivity index (χ0n) is 13.5. The topological polar surface area (TPSA) is 54.0 Å². The van der Waals surface area contributed by atoms with Gasteiger partial charge in [-0.3, -0.25) is 5.10 Å². The second kappa shape index (κ2) is 6.43. The summed E-state index contributed by atoms with van der Waals surface area (Å²) in [4.78, 5) is 6.79. The number of halogens is 1. The normalized spacial score (nSPS) is 17.6. The first-order valence-corrected chi connectivity index (χ1v) is 8.96. The maximum Gasteiger partial charge on any atom is 0.183 e. The number of aryl methyl sites for hydroxylation is 1. The number of hydrogen-bond donors (Lipinski definition) is 1. The number of fused-ring (bicyclic) bond motifs is 1. The fourth-order valence-corrected chi connectivity index (χ4v) is 3.63. The summed E-state index contributed by atoms with van der Waals surface area (Å²) >= 11 is 3.45. The van der Waals surface area contributed by atoms with Gasteiger partial charge < -0.3 is 9.64 Å². The number of nitrogens with one attached hydrogen (secondary N) is 1. The molecule has 24 heavy (non-hydrogen) atoms. The lowest BCUT2D eigenvalue weighted by atomic mass is 10.2. The first-order valence-electron chi connectivity index (χ1n) is 8.17. The van der Waals surface area contributed by atoms with Crippen molar-refractivity contribution in [3.8, 4) is 5.75 Å². The van der Waals surface area contributed by atoms with Gasteiger partial charge in [-0.1, -0.05) is 15.9 Å². The Morgan fingerprint density at radius 2 is 2.12 bits per heavy atom. The molecule has 1 fully saturated rings. The van der Waals surface area contributed by atoms with Crippen LogP contribution < -0.4 is 9.64 Å². The van der Waals surface area contributed by atoms with Crippen LogP contribution in [0.15, 0.2) is 41.0 Å². The highest BCUT2D eigenvalue weighted by Crippen LogP contribution is 2.32. The quantitative estimate of drug-likeness (QED) is 0.733. The van der Waals surface area contributed by atoms with E-state index >= 15 is 0 Å². The molecule has 6 heteroatoms. The van der Waals surface area contributed by atoms with E-state index in [0.29, 0.717) is 12.6 Å². The highest BCUT2D eigenvalue weighted by Gasteiger charge is 2.27. The summed E-state index contributed by atoms with van der Waals surface area (Å²) in [7, 11) is 0. The summed E-state index contributed by atoms with van der Waals surface area (Å²) in [6, 6.07) is 10.4. The second-order valence-corrected chi connectivity index (χ2v) is 7.05. The van der Waals surface area contributed by atoms with Crippen LogP contribution in [0.4, 0.5) is 5.69 Å². The minimum Gasteiger partial charge on any atom is -0.491 e. The number of aromatic amines is 1.